The van der Waals surface area contributed by atoms with Crippen LogP contribution in [0.1, 0.15) is 19.4 Å². The average Bonchev–Trinajstić information content (AvgIpc) is 2.25. The number of benzene rings is 1. The first-order valence-corrected chi connectivity index (χ1v) is 4.71. The Bertz CT molecular complexity index is 406. The summed E-state index contributed by atoms with van der Waals surface area (Å²) in [5.41, 5.74) is 0.666. The predicted molar refractivity (Wildman–Crippen MR) is 58.0 cm³/mol. The fourth-order valence-corrected chi connectivity index (χ4v) is 1.04. The highest BCUT2D eigenvalue weighted by Gasteiger charge is 2.06. The highest BCUT2D eigenvalue weighted by atomic mass is 16.6. The molecule has 0 atom stereocenters. The molecule has 0 N–H and O–H groups in total. The van der Waals surface area contributed by atoms with Crippen LogP contribution in [0.4, 0.5) is 0 Å². The van der Waals surface area contributed by atoms with E-state index in [4.69, 9.17) is 4.74 Å². The zero-order valence-electron chi connectivity index (χ0n) is 9.10. The van der Waals surface area contributed by atoms with E-state index in [1.165, 1.54) is 13.8 Å². The molecule has 0 fully saturated rings. The second kappa shape index (κ2) is 5.70. The van der Waals surface area contributed by atoms with Gasteiger partial charge in [0.1, 0.15) is 6.26 Å². The summed E-state index contributed by atoms with van der Waals surface area (Å²) >= 11 is 0. The van der Waals surface area contributed by atoms with E-state index in [0.717, 1.165) is 6.26 Å². The van der Waals surface area contributed by atoms with E-state index < -0.39 is 11.9 Å². The van der Waals surface area contributed by atoms with E-state index in [1.807, 2.05) is 6.07 Å². The van der Waals surface area contributed by atoms with Crippen molar-refractivity contribution < 1.29 is 19.1 Å². The number of ether oxygens (including phenoxy) is 2. The van der Waals surface area contributed by atoms with Gasteiger partial charge in [0.25, 0.3) is 0 Å². The topological polar surface area (TPSA) is 52.6 Å². The summed E-state index contributed by atoms with van der Waals surface area (Å²) in [6.45, 7) is 2.55. The summed E-state index contributed by atoms with van der Waals surface area (Å²) in [5, 5.41) is 0. The molecule has 0 heterocycles. The molecular formula is C12H12O4. The quantitative estimate of drug-likeness (QED) is 0.578. The predicted octanol–water partition coefficient (Wildman–Crippen LogP) is 2.11. The van der Waals surface area contributed by atoms with Gasteiger partial charge >= 0.3 is 11.9 Å². The number of esters is 2. The van der Waals surface area contributed by atoms with Gasteiger partial charge in [-0.3, -0.25) is 9.59 Å². The third-order valence-electron chi connectivity index (χ3n) is 1.64. The van der Waals surface area contributed by atoms with Gasteiger partial charge in [0.05, 0.1) is 0 Å². The highest BCUT2D eigenvalue weighted by molar-refractivity contribution is 5.76. The standard InChI is InChI=1S/C12H12O4/c1-9(13)15-8-12(16-10(2)14)11-6-4-3-5-7-11/h3-8H,1-2H3. The molecule has 4 nitrogen and oxygen atoms in total. The van der Waals surface area contributed by atoms with Gasteiger partial charge in [-0.2, -0.15) is 0 Å². The van der Waals surface area contributed by atoms with Gasteiger partial charge in [0.2, 0.25) is 0 Å². The van der Waals surface area contributed by atoms with Crippen molar-refractivity contribution in [2.75, 3.05) is 0 Å². The van der Waals surface area contributed by atoms with Crippen molar-refractivity contribution in [2.24, 2.45) is 0 Å². The van der Waals surface area contributed by atoms with Crippen molar-refractivity contribution >= 4 is 17.7 Å². The van der Waals surface area contributed by atoms with Crippen molar-refractivity contribution in [3.05, 3.63) is 42.2 Å². The lowest BCUT2D eigenvalue weighted by Crippen LogP contribution is -2.00. The molecule has 0 aliphatic rings. The Morgan fingerprint density at radius 2 is 1.69 bits per heavy atom. The van der Waals surface area contributed by atoms with Crippen LogP contribution < -0.4 is 0 Å². The van der Waals surface area contributed by atoms with Gasteiger partial charge < -0.3 is 9.47 Å². The summed E-state index contributed by atoms with van der Waals surface area (Å²) in [7, 11) is 0. The molecule has 0 spiro atoms. The van der Waals surface area contributed by atoms with E-state index in [-0.39, 0.29) is 5.76 Å². The summed E-state index contributed by atoms with van der Waals surface area (Å²) in [5.74, 6) is -0.730. The molecule has 16 heavy (non-hydrogen) atoms. The molecule has 1 rings (SSSR count). The van der Waals surface area contributed by atoms with Crippen LogP contribution in [0.3, 0.4) is 0 Å². The maximum atomic E-state index is 10.9. The molecule has 4 heteroatoms. The Labute approximate surface area is 93.5 Å². The largest absolute Gasteiger partial charge is 0.431 e. The van der Waals surface area contributed by atoms with E-state index in [9.17, 15) is 9.59 Å². The van der Waals surface area contributed by atoms with Crippen molar-refractivity contribution in [3.63, 3.8) is 0 Å². The molecule has 0 saturated heterocycles. The van der Waals surface area contributed by atoms with Crippen LogP contribution in [0.25, 0.3) is 5.76 Å². The Morgan fingerprint density at radius 3 is 2.19 bits per heavy atom. The third-order valence-corrected chi connectivity index (χ3v) is 1.64. The molecule has 1 aromatic rings. The minimum absolute atomic E-state index is 0.211. The molecule has 0 amide bonds. The summed E-state index contributed by atoms with van der Waals surface area (Å²) in [4.78, 5) is 21.5. The van der Waals surface area contributed by atoms with Gasteiger partial charge in [-0.1, -0.05) is 30.3 Å². The second-order valence-corrected chi connectivity index (χ2v) is 3.05. The maximum Gasteiger partial charge on any atom is 0.308 e. The first-order chi connectivity index (χ1) is 7.59. The number of carbonyl (C=O) groups excluding carboxylic acids is 2. The Morgan fingerprint density at radius 1 is 1.06 bits per heavy atom. The minimum atomic E-state index is -0.472. The van der Waals surface area contributed by atoms with E-state index >= 15 is 0 Å². The zero-order chi connectivity index (χ0) is 12.0. The van der Waals surface area contributed by atoms with E-state index in [0.29, 0.717) is 5.56 Å². The number of hydrogen-bond acceptors (Lipinski definition) is 4. The molecule has 0 aromatic heterocycles. The van der Waals surface area contributed by atoms with E-state index in [1.54, 1.807) is 24.3 Å². The average molecular weight is 220 g/mol. The lowest BCUT2D eigenvalue weighted by atomic mass is 10.2. The molecule has 0 aliphatic carbocycles. The summed E-state index contributed by atoms with van der Waals surface area (Å²) in [6, 6.07) is 8.91. The summed E-state index contributed by atoms with van der Waals surface area (Å²) in [6.07, 6.45) is 1.12. The number of hydrogen-bond donors (Lipinski definition) is 0. The van der Waals surface area contributed by atoms with Crippen molar-refractivity contribution in [1.82, 2.24) is 0 Å². The third kappa shape index (κ3) is 3.96. The van der Waals surface area contributed by atoms with Gasteiger partial charge in [0.15, 0.2) is 5.76 Å². The molecule has 0 radical (unpaired) electrons. The molecule has 0 saturated carbocycles. The highest BCUT2D eigenvalue weighted by Crippen LogP contribution is 2.15. The summed E-state index contributed by atoms with van der Waals surface area (Å²) < 4.78 is 9.61. The van der Waals surface area contributed by atoms with Crippen LogP contribution >= 0.6 is 0 Å². The van der Waals surface area contributed by atoms with Crippen LogP contribution in [-0.4, -0.2) is 11.9 Å². The zero-order valence-corrected chi connectivity index (χ0v) is 9.10. The lowest BCUT2D eigenvalue weighted by Gasteiger charge is -2.06. The Hall–Kier alpha value is -2.10. The molecule has 0 unspecified atom stereocenters. The van der Waals surface area contributed by atoms with Gasteiger partial charge in [-0.05, 0) is 0 Å². The molecule has 0 bridgehead atoms. The lowest BCUT2D eigenvalue weighted by molar-refractivity contribution is -0.137. The van der Waals surface area contributed by atoms with Crippen LogP contribution in [0.15, 0.2) is 36.6 Å². The normalized spacial score (nSPS) is 10.8. The fourth-order valence-electron chi connectivity index (χ4n) is 1.04. The van der Waals surface area contributed by atoms with Crippen molar-refractivity contribution in [3.8, 4) is 0 Å². The van der Waals surface area contributed by atoms with Crippen molar-refractivity contribution in [1.29, 1.82) is 0 Å². The molecule has 0 aliphatic heterocycles. The first-order valence-electron chi connectivity index (χ1n) is 4.71. The minimum Gasteiger partial charge on any atom is -0.431 e. The van der Waals surface area contributed by atoms with Crippen LogP contribution in [0.2, 0.25) is 0 Å². The van der Waals surface area contributed by atoms with Gasteiger partial charge in [0, 0.05) is 19.4 Å². The monoisotopic (exact) mass is 220 g/mol. The molecular weight excluding hydrogens is 208 g/mol. The van der Waals surface area contributed by atoms with Crippen LogP contribution in [-0.2, 0) is 19.1 Å². The van der Waals surface area contributed by atoms with Gasteiger partial charge in [-0.25, -0.2) is 0 Å². The first kappa shape index (κ1) is 12.0. The Kier molecular flexibility index (Phi) is 4.27. The number of rotatable bonds is 3. The number of carbonyl (C=O) groups is 2. The maximum absolute atomic E-state index is 10.9. The molecule has 84 valence electrons. The molecule has 1 aromatic carbocycles. The SMILES string of the molecule is CC(=O)OC=C(OC(C)=O)c1ccccc1. The fraction of sp³-hybridized carbons (Fsp3) is 0.167. The van der Waals surface area contributed by atoms with Crippen LogP contribution in [0.5, 0.6) is 0 Å². The van der Waals surface area contributed by atoms with Gasteiger partial charge in [-0.15, -0.1) is 0 Å². The van der Waals surface area contributed by atoms with E-state index in [2.05, 4.69) is 4.74 Å². The van der Waals surface area contributed by atoms with Crippen LogP contribution in [0, 0.1) is 0 Å². The Balaban J connectivity index is 2.91. The van der Waals surface area contributed by atoms with Crippen molar-refractivity contribution in [2.45, 2.75) is 13.8 Å². The second-order valence-electron chi connectivity index (χ2n) is 3.05. The smallest absolute Gasteiger partial charge is 0.308 e.